The molecule has 0 spiro atoms. The molecule has 0 fully saturated rings. The molecule has 2 N–H and O–H groups in total. The van der Waals surface area contributed by atoms with Crippen molar-refractivity contribution in [3.8, 4) is 17.2 Å². The summed E-state index contributed by atoms with van der Waals surface area (Å²) in [5.74, 6) is 5.53. The van der Waals surface area contributed by atoms with Gasteiger partial charge in [0.25, 0.3) is 5.91 Å². The van der Waals surface area contributed by atoms with E-state index in [1.54, 1.807) is 61.9 Å². The van der Waals surface area contributed by atoms with Crippen LogP contribution < -0.4 is 24.8 Å². The van der Waals surface area contributed by atoms with Crippen LogP contribution in [0.4, 0.5) is 0 Å². The number of amides is 2. The Morgan fingerprint density at radius 3 is 1.92 bits per heavy atom. The van der Waals surface area contributed by atoms with Crippen LogP contribution in [-0.4, -0.2) is 92.7 Å². The monoisotopic (exact) mass is 870 g/mol. The highest BCUT2D eigenvalue weighted by molar-refractivity contribution is 7.98. The van der Waals surface area contributed by atoms with Crippen molar-refractivity contribution >= 4 is 63.7 Å². The van der Waals surface area contributed by atoms with Gasteiger partial charge in [0.05, 0.1) is 39.8 Å². The molecule has 0 bridgehead atoms. The number of thioether (sulfide) groups is 2. The largest absolute Gasteiger partial charge is 0.497 e. The van der Waals surface area contributed by atoms with E-state index in [1.807, 2.05) is 61.2 Å². The zero-order valence-corrected chi connectivity index (χ0v) is 37.2. The van der Waals surface area contributed by atoms with E-state index in [0.29, 0.717) is 53.6 Å². The maximum Gasteiger partial charge on any atom is 0.262 e. The number of nitrogens with one attached hydrogen (secondary N) is 2. The molecule has 1 aromatic heterocycles. The van der Waals surface area contributed by atoms with Crippen molar-refractivity contribution in [3.63, 3.8) is 0 Å². The van der Waals surface area contributed by atoms with Crippen LogP contribution in [0.15, 0.2) is 103 Å². The third kappa shape index (κ3) is 14.1. The average Bonchev–Trinajstić information content (AvgIpc) is 3.53. The highest BCUT2D eigenvalue weighted by Gasteiger charge is 2.22. The molecule has 0 atom stereocenters. The van der Waals surface area contributed by atoms with Crippen LogP contribution in [-0.2, 0) is 27.5 Å². The standard InChI is InChI=1S/C47H55ClN4O6S2/c1-34-42(43-29-41(58-4)21-22-44(43)52(34)47(55)37-13-15-38(48)16-14-37)30-45(53)49-23-7-5-6-8-25-51(26-28-60-33-36-11-19-40(57-3)20-12-36)31-46(54)50-24-27-59-32-35-9-17-39(56-2)18-10-35/h5-6,9-22,29H,7-8,23-28,30-33H2,1-4H3,(H,49,53)(H,50,54)/b6-5+. The average molecular weight is 872 g/mol. The van der Waals surface area contributed by atoms with Gasteiger partial charge in [-0.05, 0) is 103 Å². The number of benzene rings is 4. The van der Waals surface area contributed by atoms with Gasteiger partial charge in [-0.3, -0.25) is 23.9 Å². The van der Waals surface area contributed by atoms with Gasteiger partial charge in [0.1, 0.15) is 17.2 Å². The topological polar surface area (TPSA) is 111 Å². The summed E-state index contributed by atoms with van der Waals surface area (Å²) >= 11 is 9.71. The lowest BCUT2D eigenvalue weighted by Gasteiger charge is -2.21. The maximum atomic E-state index is 13.6. The van der Waals surface area contributed by atoms with Gasteiger partial charge < -0.3 is 24.8 Å². The van der Waals surface area contributed by atoms with Crippen molar-refractivity contribution in [3.05, 3.63) is 136 Å². The molecule has 2 amide bonds. The summed E-state index contributed by atoms with van der Waals surface area (Å²) in [4.78, 5) is 42.1. The van der Waals surface area contributed by atoms with Gasteiger partial charge in [0.15, 0.2) is 0 Å². The second-order valence-electron chi connectivity index (χ2n) is 14.1. The predicted octanol–water partition coefficient (Wildman–Crippen LogP) is 8.60. The number of halogens is 1. The minimum Gasteiger partial charge on any atom is -0.497 e. The van der Waals surface area contributed by atoms with Gasteiger partial charge in [-0.15, -0.1) is 0 Å². The fraction of sp³-hybridized carbons (Fsp3) is 0.340. The summed E-state index contributed by atoms with van der Waals surface area (Å²) in [6.07, 6.45) is 5.76. The first-order valence-electron chi connectivity index (χ1n) is 20.0. The SMILES string of the molecule is COc1ccc(CSCCNC(=O)CN(CC/C=C/CCNC(=O)Cc2c(C)n(C(=O)c3ccc(Cl)cc3)c3ccc(OC)cc23)CCSCc2ccc(OC)cc2)cc1. The molecule has 5 rings (SSSR count). The van der Waals surface area contributed by atoms with Crippen molar-refractivity contribution in [2.75, 3.05) is 65.6 Å². The molecule has 1 heterocycles. The summed E-state index contributed by atoms with van der Waals surface area (Å²) in [7, 11) is 4.92. The molecular weight excluding hydrogens is 816 g/mol. The Hall–Kier alpha value is -4.88. The first-order valence-corrected chi connectivity index (χ1v) is 22.7. The normalized spacial score (nSPS) is 11.3. The summed E-state index contributed by atoms with van der Waals surface area (Å²) in [5, 5.41) is 7.49. The molecule has 10 nitrogen and oxygen atoms in total. The summed E-state index contributed by atoms with van der Waals surface area (Å²) in [5.41, 5.74) is 5.15. The zero-order chi connectivity index (χ0) is 42.7. The van der Waals surface area contributed by atoms with Gasteiger partial charge in [0, 0.05) is 70.9 Å². The maximum absolute atomic E-state index is 13.6. The summed E-state index contributed by atoms with van der Waals surface area (Å²) in [6.45, 7) is 4.82. The van der Waals surface area contributed by atoms with Gasteiger partial charge in [0.2, 0.25) is 11.8 Å². The predicted molar refractivity (Wildman–Crippen MR) is 247 cm³/mol. The quantitative estimate of drug-likeness (QED) is 0.0466. The number of hydrogen-bond donors (Lipinski definition) is 2. The Labute approximate surface area is 367 Å². The smallest absolute Gasteiger partial charge is 0.262 e. The van der Waals surface area contributed by atoms with E-state index in [1.165, 1.54) is 11.1 Å². The van der Waals surface area contributed by atoms with Gasteiger partial charge >= 0.3 is 0 Å². The van der Waals surface area contributed by atoms with E-state index in [0.717, 1.165) is 65.0 Å². The van der Waals surface area contributed by atoms with Crippen LogP contribution in [0.5, 0.6) is 17.2 Å². The number of rotatable bonds is 24. The third-order valence-corrected chi connectivity index (χ3v) is 12.2. The van der Waals surface area contributed by atoms with Gasteiger partial charge in [-0.25, -0.2) is 0 Å². The first kappa shape index (κ1) is 46.2. The van der Waals surface area contributed by atoms with Crippen LogP contribution in [0.1, 0.15) is 45.6 Å². The fourth-order valence-electron chi connectivity index (χ4n) is 6.62. The molecule has 0 radical (unpaired) electrons. The fourth-order valence-corrected chi connectivity index (χ4v) is 8.52. The zero-order valence-electron chi connectivity index (χ0n) is 34.8. The Kier molecular flexibility index (Phi) is 18.8. The summed E-state index contributed by atoms with van der Waals surface area (Å²) < 4.78 is 17.7. The van der Waals surface area contributed by atoms with Gasteiger partial charge in [-0.1, -0.05) is 48.0 Å². The van der Waals surface area contributed by atoms with Crippen LogP contribution in [0.3, 0.4) is 0 Å². The molecule has 60 heavy (non-hydrogen) atoms. The number of hydrogen-bond acceptors (Lipinski definition) is 9. The molecule has 0 aliphatic heterocycles. The van der Waals surface area contributed by atoms with Crippen molar-refractivity contribution in [1.82, 2.24) is 20.1 Å². The van der Waals surface area contributed by atoms with E-state index >= 15 is 0 Å². The number of ether oxygens (including phenoxy) is 3. The lowest BCUT2D eigenvalue weighted by atomic mass is 10.1. The third-order valence-electron chi connectivity index (χ3n) is 9.93. The van der Waals surface area contributed by atoms with Crippen LogP contribution in [0.25, 0.3) is 10.9 Å². The van der Waals surface area contributed by atoms with Crippen molar-refractivity contribution in [2.24, 2.45) is 0 Å². The minimum absolute atomic E-state index is 0.0260. The molecule has 0 aliphatic rings. The van der Waals surface area contributed by atoms with E-state index < -0.39 is 0 Å². The van der Waals surface area contributed by atoms with Crippen molar-refractivity contribution < 1.29 is 28.6 Å². The molecular formula is C47H55ClN4O6S2. The Morgan fingerprint density at radius 1 is 0.700 bits per heavy atom. The molecule has 0 unspecified atom stereocenters. The van der Waals surface area contributed by atoms with Crippen LogP contribution in [0.2, 0.25) is 5.02 Å². The molecule has 0 saturated carbocycles. The van der Waals surface area contributed by atoms with E-state index in [4.69, 9.17) is 25.8 Å². The summed E-state index contributed by atoms with van der Waals surface area (Å²) in [6, 6.07) is 28.5. The first-order chi connectivity index (χ1) is 29.2. The molecule has 13 heteroatoms. The highest BCUT2D eigenvalue weighted by Crippen LogP contribution is 2.31. The number of methoxy groups -OCH3 is 3. The minimum atomic E-state index is -0.196. The van der Waals surface area contributed by atoms with Crippen molar-refractivity contribution in [2.45, 2.75) is 37.7 Å². The Morgan fingerprint density at radius 2 is 1.28 bits per heavy atom. The lowest BCUT2D eigenvalue weighted by Crippen LogP contribution is -2.39. The molecule has 5 aromatic rings. The number of nitrogens with zero attached hydrogens (tertiary/aromatic N) is 2. The number of carbonyl (C=O) groups is 3. The lowest BCUT2D eigenvalue weighted by molar-refractivity contribution is -0.122. The highest BCUT2D eigenvalue weighted by atomic mass is 35.5. The number of fused-ring (bicyclic) bond motifs is 1. The second-order valence-corrected chi connectivity index (χ2v) is 16.7. The Bertz CT molecular complexity index is 2180. The van der Waals surface area contributed by atoms with Crippen LogP contribution >= 0.6 is 35.1 Å². The van der Waals surface area contributed by atoms with E-state index in [9.17, 15) is 14.4 Å². The van der Waals surface area contributed by atoms with E-state index in [-0.39, 0.29) is 24.1 Å². The molecule has 4 aromatic carbocycles. The Balaban J connectivity index is 1.08. The van der Waals surface area contributed by atoms with Crippen molar-refractivity contribution in [1.29, 1.82) is 0 Å². The number of carbonyl (C=O) groups excluding carboxylic acids is 3. The van der Waals surface area contributed by atoms with E-state index in [2.05, 4.69) is 52.0 Å². The molecule has 0 saturated heterocycles. The molecule has 0 aliphatic carbocycles. The number of aromatic nitrogens is 1. The van der Waals surface area contributed by atoms with Crippen LogP contribution in [0, 0.1) is 6.92 Å². The second kappa shape index (κ2) is 24.4. The van der Waals surface area contributed by atoms with Gasteiger partial charge in [-0.2, -0.15) is 23.5 Å². The molecule has 318 valence electrons.